The molecule has 0 rings (SSSR count). The smallest absolute Gasteiger partial charge is 0.323 e. The zero-order chi connectivity index (χ0) is 8.58. The second kappa shape index (κ2) is 2.23. The first kappa shape index (κ1) is 9.43. The van der Waals surface area contributed by atoms with Gasteiger partial charge < -0.3 is 10.8 Å². The van der Waals surface area contributed by atoms with Gasteiger partial charge in [-0.3, -0.25) is 4.79 Å². The van der Waals surface area contributed by atoms with E-state index < -0.39 is 16.9 Å². The molecule has 0 aromatic rings. The fraction of sp³-hybridized carbons (Fsp3) is 0.857. The van der Waals surface area contributed by atoms with Crippen LogP contribution in [0.5, 0.6) is 0 Å². The number of carboxylic acids is 1. The summed E-state index contributed by atoms with van der Waals surface area (Å²) in [6.07, 6.45) is 0. The van der Waals surface area contributed by atoms with Crippen LogP contribution in [-0.4, -0.2) is 16.6 Å². The van der Waals surface area contributed by atoms with Crippen molar-refractivity contribution in [2.24, 2.45) is 11.1 Å². The van der Waals surface area contributed by atoms with E-state index in [1.807, 2.05) is 0 Å². The van der Waals surface area contributed by atoms with Crippen LogP contribution in [0.15, 0.2) is 0 Å². The van der Waals surface area contributed by atoms with Gasteiger partial charge in [-0.25, -0.2) is 0 Å². The van der Waals surface area contributed by atoms with Gasteiger partial charge in [0.15, 0.2) is 0 Å². The summed E-state index contributed by atoms with van der Waals surface area (Å²) in [5.74, 6) is -0.958. The number of carbonyl (C=O) groups is 1. The van der Waals surface area contributed by atoms with Crippen molar-refractivity contribution in [1.82, 2.24) is 0 Å². The van der Waals surface area contributed by atoms with Gasteiger partial charge in [-0.15, -0.1) is 0 Å². The minimum atomic E-state index is -1.15. The summed E-state index contributed by atoms with van der Waals surface area (Å²) in [5, 5.41) is 8.65. The van der Waals surface area contributed by atoms with Crippen LogP contribution in [0.2, 0.25) is 0 Å². The lowest BCUT2D eigenvalue weighted by atomic mass is 9.76. The largest absolute Gasteiger partial charge is 0.480 e. The molecule has 0 saturated heterocycles. The lowest BCUT2D eigenvalue weighted by Gasteiger charge is -2.33. The molecule has 0 unspecified atom stereocenters. The normalized spacial score (nSPS) is 18.1. The molecule has 60 valence electrons. The Labute approximate surface area is 61.2 Å². The van der Waals surface area contributed by atoms with E-state index in [1.54, 1.807) is 20.8 Å². The molecule has 0 saturated carbocycles. The van der Waals surface area contributed by atoms with Gasteiger partial charge in [0.1, 0.15) is 5.54 Å². The molecule has 0 aliphatic heterocycles. The van der Waals surface area contributed by atoms with Crippen LogP contribution in [0.3, 0.4) is 0 Å². The van der Waals surface area contributed by atoms with Gasteiger partial charge in [0, 0.05) is 0 Å². The van der Waals surface area contributed by atoms with Crippen LogP contribution >= 0.6 is 0 Å². The number of hydrogen-bond acceptors (Lipinski definition) is 2. The third-order valence-corrected chi connectivity index (χ3v) is 2.00. The fourth-order valence-electron chi connectivity index (χ4n) is 0.321. The predicted molar refractivity (Wildman–Crippen MR) is 39.7 cm³/mol. The molecule has 10 heavy (non-hydrogen) atoms. The minimum absolute atomic E-state index is 0.404. The molecule has 0 aromatic carbocycles. The molecule has 1 atom stereocenters. The van der Waals surface area contributed by atoms with Crippen molar-refractivity contribution < 1.29 is 9.90 Å². The summed E-state index contributed by atoms with van der Waals surface area (Å²) >= 11 is 0. The number of hydrogen-bond donors (Lipinski definition) is 2. The van der Waals surface area contributed by atoms with Gasteiger partial charge in [0.2, 0.25) is 0 Å². The first-order valence-corrected chi connectivity index (χ1v) is 3.22. The molecular weight excluding hydrogens is 130 g/mol. The van der Waals surface area contributed by atoms with Crippen LogP contribution in [-0.2, 0) is 4.79 Å². The summed E-state index contributed by atoms with van der Waals surface area (Å²) in [7, 11) is 0. The van der Waals surface area contributed by atoms with Crippen LogP contribution < -0.4 is 5.73 Å². The molecule has 0 fully saturated rings. The van der Waals surface area contributed by atoms with E-state index in [1.165, 1.54) is 6.92 Å². The second-order valence-electron chi connectivity index (χ2n) is 3.76. The van der Waals surface area contributed by atoms with Gasteiger partial charge in [-0.2, -0.15) is 0 Å². The van der Waals surface area contributed by atoms with Gasteiger partial charge in [-0.05, 0) is 12.3 Å². The molecule has 0 aromatic heterocycles. The molecular formula is C7H15NO2. The molecule has 3 nitrogen and oxygen atoms in total. The lowest BCUT2D eigenvalue weighted by molar-refractivity contribution is -0.146. The van der Waals surface area contributed by atoms with E-state index >= 15 is 0 Å². The van der Waals surface area contributed by atoms with Crippen molar-refractivity contribution in [1.29, 1.82) is 0 Å². The Hall–Kier alpha value is -0.570. The number of rotatable bonds is 1. The Kier molecular flexibility index (Phi) is 2.11. The van der Waals surface area contributed by atoms with E-state index in [9.17, 15) is 4.79 Å². The summed E-state index contributed by atoms with van der Waals surface area (Å²) < 4.78 is 0. The van der Waals surface area contributed by atoms with Crippen molar-refractivity contribution in [2.75, 3.05) is 0 Å². The lowest BCUT2D eigenvalue weighted by Crippen LogP contribution is -2.55. The van der Waals surface area contributed by atoms with Gasteiger partial charge in [0.25, 0.3) is 0 Å². The zero-order valence-electron chi connectivity index (χ0n) is 6.93. The highest BCUT2D eigenvalue weighted by Crippen LogP contribution is 2.27. The Morgan fingerprint density at radius 2 is 1.60 bits per heavy atom. The molecule has 0 bridgehead atoms. The minimum Gasteiger partial charge on any atom is -0.480 e. The maximum atomic E-state index is 10.5. The molecule has 0 radical (unpaired) electrons. The van der Waals surface area contributed by atoms with Crippen molar-refractivity contribution in [3.05, 3.63) is 0 Å². The van der Waals surface area contributed by atoms with E-state index in [4.69, 9.17) is 10.8 Å². The highest BCUT2D eigenvalue weighted by atomic mass is 16.4. The van der Waals surface area contributed by atoms with E-state index in [0.29, 0.717) is 0 Å². The summed E-state index contributed by atoms with van der Waals surface area (Å²) in [4.78, 5) is 10.5. The highest BCUT2D eigenvalue weighted by Gasteiger charge is 2.40. The van der Waals surface area contributed by atoms with E-state index in [0.717, 1.165) is 0 Å². The molecule has 0 aliphatic carbocycles. The Morgan fingerprint density at radius 1 is 1.30 bits per heavy atom. The Balaban J connectivity index is 4.57. The zero-order valence-corrected chi connectivity index (χ0v) is 6.93. The third kappa shape index (κ3) is 1.48. The molecule has 3 N–H and O–H groups in total. The van der Waals surface area contributed by atoms with Crippen LogP contribution in [0, 0.1) is 5.41 Å². The average Bonchev–Trinajstić information content (AvgIpc) is 1.62. The standard InChI is InChI=1S/C7H15NO2/c1-6(2,3)7(4,8)5(9)10/h8H2,1-4H3,(H,9,10)/t7-/m0/s1. The number of nitrogens with two attached hydrogens (primary N) is 1. The maximum Gasteiger partial charge on any atom is 0.323 e. The monoisotopic (exact) mass is 145 g/mol. The van der Waals surface area contributed by atoms with Crippen molar-refractivity contribution in [3.63, 3.8) is 0 Å². The van der Waals surface area contributed by atoms with Gasteiger partial charge >= 0.3 is 5.97 Å². The van der Waals surface area contributed by atoms with Crippen LogP contribution in [0.4, 0.5) is 0 Å². The second-order valence-corrected chi connectivity index (χ2v) is 3.76. The molecule has 0 aliphatic rings. The summed E-state index contributed by atoms with van der Waals surface area (Å²) in [6.45, 7) is 6.94. The first-order valence-electron chi connectivity index (χ1n) is 3.22. The SMILES string of the molecule is CC(C)(C)[C@@](C)(N)C(=O)O. The molecule has 0 heterocycles. The molecule has 0 spiro atoms. The summed E-state index contributed by atoms with van der Waals surface area (Å²) in [5.41, 5.74) is 3.99. The third-order valence-electron chi connectivity index (χ3n) is 2.00. The topological polar surface area (TPSA) is 63.3 Å². The average molecular weight is 145 g/mol. The van der Waals surface area contributed by atoms with Crippen molar-refractivity contribution >= 4 is 5.97 Å². The maximum absolute atomic E-state index is 10.5. The summed E-state index contributed by atoms with van der Waals surface area (Å²) in [6, 6.07) is 0. The van der Waals surface area contributed by atoms with Crippen molar-refractivity contribution in [3.8, 4) is 0 Å². The van der Waals surface area contributed by atoms with Gasteiger partial charge in [-0.1, -0.05) is 20.8 Å². The van der Waals surface area contributed by atoms with E-state index in [2.05, 4.69) is 0 Å². The number of carboxylic acid groups (broad SMARTS) is 1. The van der Waals surface area contributed by atoms with Crippen LogP contribution in [0.1, 0.15) is 27.7 Å². The fourth-order valence-corrected chi connectivity index (χ4v) is 0.321. The van der Waals surface area contributed by atoms with Gasteiger partial charge in [0.05, 0.1) is 0 Å². The first-order chi connectivity index (χ1) is 4.19. The highest BCUT2D eigenvalue weighted by molar-refractivity contribution is 5.78. The number of aliphatic carboxylic acids is 1. The molecule has 3 heteroatoms. The van der Waals surface area contributed by atoms with Crippen molar-refractivity contribution in [2.45, 2.75) is 33.2 Å². The van der Waals surface area contributed by atoms with E-state index in [-0.39, 0.29) is 0 Å². The molecule has 0 amide bonds. The quantitative estimate of drug-likeness (QED) is 0.574. The predicted octanol–water partition coefficient (Wildman–Crippen LogP) is 0.834. The van der Waals surface area contributed by atoms with Crippen LogP contribution in [0.25, 0.3) is 0 Å². The Bertz CT molecular complexity index is 144. The Morgan fingerprint density at radius 3 is 1.60 bits per heavy atom.